The van der Waals surface area contributed by atoms with Gasteiger partial charge < -0.3 is 4.74 Å². The normalized spacial score (nSPS) is 12.8. The third kappa shape index (κ3) is 2.12. The van der Waals surface area contributed by atoms with Crippen molar-refractivity contribution >= 4 is 32.9 Å². The molecule has 0 saturated carbocycles. The highest BCUT2D eigenvalue weighted by Crippen LogP contribution is 2.38. The molecule has 0 aliphatic rings. The van der Waals surface area contributed by atoms with Crippen molar-refractivity contribution in [2.45, 2.75) is 6.10 Å². The van der Waals surface area contributed by atoms with Crippen molar-refractivity contribution in [2.24, 2.45) is 0 Å². The molecule has 1 aromatic heterocycles. The highest BCUT2D eigenvalue weighted by Gasteiger charge is 2.20. The highest BCUT2D eigenvalue weighted by atomic mass is 32.1. The molecular formula is C20H16OS. The lowest BCUT2D eigenvalue weighted by atomic mass is 9.93. The molecule has 22 heavy (non-hydrogen) atoms. The van der Waals surface area contributed by atoms with Crippen LogP contribution in [0.3, 0.4) is 0 Å². The number of fused-ring (bicyclic) bond motifs is 2. The van der Waals surface area contributed by atoms with Gasteiger partial charge in [0.2, 0.25) is 0 Å². The Hall–Kier alpha value is -2.16. The molecule has 3 aromatic carbocycles. The van der Waals surface area contributed by atoms with E-state index < -0.39 is 0 Å². The van der Waals surface area contributed by atoms with E-state index in [4.69, 9.17) is 4.74 Å². The number of benzene rings is 3. The number of rotatable bonds is 3. The van der Waals surface area contributed by atoms with Crippen LogP contribution in [0.5, 0.6) is 0 Å². The molecule has 108 valence electrons. The minimum Gasteiger partial charge on any atom is -0.371 e. The van der Waals surface area contributed by atoms with Crippen LogP contribution in [0.25, 0.3) is 21.5 Å². The lowest BCUT2D eigenvalue weighted by Gasteiger charge is -2.19. The zero-order valence-electron chi connectivity index (χ0n) is 12.3. The summed E-state index contributed by atoms with van der Waals surface area (Å²) >= 11 is 1.74. The molecule has 1 nitrogen and oxygen atoms in total. The topological polar surface area (TPSA) is 9.23 Å². The summed E-state index contributed by atoms with van der Waals surface area (Å²) in [6, 6.07) is 23.6. The van der Waals surface area contributed by atoms with Crippen LogP contribution >= 0.6 is 11.3 Å². The number of hydrogen-bond acceptors (Lipinski definition) is 2. The molecule has 0 aliphatic carbocycles. The van der Waals surface area contributed by atoms with E-state index in [0.717, 1.165) is 0 Å². The van der Waals surface area contributed by atoms with Crippen molar-refractivity contribution in [3.8, 4) is 0 Å². The fraction of sp³-hybridized carbons (Fsp3) is 0.100. The van der Waals surface area contributed by atoms with E-state index in [0.29, 0.717) is 0 Å². The molecule has 4 aromatic rings. The molecule has 0 spiro atoms. The van der Waals surface area contributed by atoms with E-state index in [1.54, 1.807) is 18.4 Å². The van der Waals surface area contributed by atoms with Gasteiger partial charge in [-0.25, -0.2) is 0 Å². The first-order valence-electron chi connectivity index (χ1n) is 7.35. The maximum absolute atomic E-state index is 5.91. The molecule has 1 unspecified atom stereocenters. The number of thiophene rings is 1. The van der Waals surface area contributed by atoms with Gasteiger partial charge in [0.1, 0.15) is 6.10 Å². The number of ether oxygens (including phenoxy) is 1. The monoisotopic (exact) mass is 304 g/mol. The summed E-state index contributed by atoms with van der Waals surface area (Å²) < 4.78 is 5.91. The van der Waals surface area contributed by atoms with Gasteiger partial charge in [-0.15, -0.1) is 11.3 Å². The zero-order valence-corrected chi connectivity index (χ0v) is 13.1. The highest BCUT2D eigenvalue weighted by molar-refractivity contribution is 7.10. The lowest BCUT2D eigenvalue weighted by Crippen LogP contribution is -2.03. The maximum Gasteiger partial charge on any atom is 0.117 e. The number of hydrogen-bond donors (Lipinski definition) is 0. The Bertz CT molecular complexity index is 871. The van der Waals surface area contributed by atoms with E-state index >= 15 is 0 Å². The van der Waals surface area contributed by atoms with E-state index in [1.165, 1.54) is 32.0 Å². The van der Waals surface area contributed by atoms with Gasteiger partial charge in [0.25, 0.3) is 0 Å². The molecule has 0 fully saturated rings. The number of methoxy groups -OCH3 is 1. The molecule has 0 radical (unpaired) electrons. The van der Waals surface area contributed by atoms with Gasteiger partial charge in [0, 0.05) is 17.6 Å². The van der Waals surface area contributed by atoms with Crippen molar-refractivity contribution in [1.82, 2.24) is 0 Å². The first-order valence-corrected chi connectivity index (χ1v) is 8.23. The first-order chi connectivity index (χ1) is 10.9. The Kier molecular flexibility index (Phi) is 3.41. The van der Waals surface area contributed by atoms with Gasteiger partial charge in [0.15, 0.2) is 0 Å². The summed E-state index contributed by atoms with van der Waals surface area (Å²) in [5.41, 5.74) is 1.26. The van der Waals surface area contributed by atoms with Crippen LogP contribution in [0, 0.1) is 0 Å². The summed E-state index contributed by atoms with van der Waals surface area (Å²) in [6.07, 6.45) is -0.0315. The summed E-state index contributed by atoms with van der Waals surface area (Å²) in [7, 11) is 1.79. The van der Waals surface area contributed by atoms with Gasteiger partial charge in [-0.05, 0) is 39.1 Å². The predicted octanol–water partition coefficient (Wildman–Crippen LogP) is 5.79. The van der Waals surface area contributed by atoms with Gasteiger partial charge in [0.05, 0.1) is 0 Å². The van der Waals surface area contributed by atoms with E-state index in [-0.39, 0.29) is 6.10 Å². The third-order valence-corrected chi connectivity index (χ3v) is 5.03. The van der Waals surface area contributed by atoms with Crippen LogP contribution in [0.4, 0.5) is 0 Å². The predicted molar refractivity (Wildman–Crippen MR) is 94.6 cm³/mol. The molecule has 0 saturated heterocycles. The van der Waals surface area contributed by atoms with Crippen LogP contribution in [0.1, 0.15) is 16.5 Å². The fourth-order valence-corrected chi connectivity index (χ4v) is 3.96. The fourth-order valence-electron chi connectivity index (χ4n) is 3.15. The first kappa shape index (κ1) is 13.5. The average Bonchev–Trinajstić information content (AvgIpc) is 3.09. The van der Waals surface area contributed by atoms with Crippen molar-refractivity contribution < 1.29 is 4.74 Å². The Balaban J connectivity index is 2.12. The van der Waals surface area contributed by atoms with Crippen LogP contribution < -0.4 is 0 Å². The SMILES string of the molecule is COC(c1cccs1)c1c2ccccc2cc2ccccc12. The molecule has 1 heterocycles. The second-order valence-electron chi connectivity index (χ2n) is 5.36. The maximum atomic E-state index is 5.91. The third-order valence-electron chi connectivity index (χ3n) is 4.11. The molecule has 0 N–H and O–H groups in total. The van der Waals surface area contributed by atoms with Crippen molar-refractivity contribution in [1.29, 1.82) is 0 Å². The largest absolute Gasteiger partial charge is 0.371 e. The molecule has 0 bridgehead atoms. The van der Waals surface area contributed by atoms with Gasteiger partial charge in [-0.3, -0.25) is 0 Å². The lowest BCUT2D eigenvalue weighted by molar-refractivity contribution is 0.141. The van der Waals surface area contributed by atoms with Crippen LogP contribution in [-0.4, -0.2) is 7.11 Å². The Labute approximate surface area is 133 Å². The smallest absolute Gasteiger partial charge is 0.117 e. The Morgan fingerprint density at radius 1 is 0.818 bits per heavy atom. The zero-order chi connectivity index (χ0) is 14.9. The van der Waals surface area contributed by atoms with Crippen molar-refractivity contribution in [2.75, 3.05) is 7.11 Å². The quantitative estimate of drug-likeness (QED) is 0.435. The van der Waals surface area contributed by atoms with Crippen LogP contribution in [-0.2, 0) is 4.74 Å². The van der Waals surface area contributed by atoms with E-state index in [9.17, 15) is 0 Å². The summed E-state index contributed by atoms with van der Waals surface area (Å²) in [5.74, 6) is 0. The second kappa shape index (κ2) is 5.56. The minimum absolute atomic E-state index is 0.0315. The van der Waals surface area contributed by atoms with Gasteiger partial charge >= 0.3 is 0 Å². The minimum atomic E-state index is -0.0315. The Morgan fingerprint density at radius 3 is 2.00 bits per heavy atom. The average molecular weight is 304 g/mol. The molecule has 0 aliphatic heterocycles. The summed E-state index contributed by atoms with van der Waals surface area (Å²) in [5, 5.41) is 7.15. The summed E-state index contributed by atoms with van der Waals surface area (Å²) in [4.78, 5) is 1.24. The second-order valence-corrected chi connectivity index (χ2v) is 6.34. The van der Waals surface area contributed by atoms with E-state index in [1.807, 2.05) is 0 Å². The molecule has 1 atom stereocenters. The Morgan fingerprint density at radius 2 is 1.45 bits per heavy atom. The standard InChI is InChI=1S/C20H16OS/c1-21-20(18-11-6-12-22-18)19-16-9-4-2-7-14(16)13-15-8-3-5-10-17(15)19/h2-13,20H,1H3. The molecule has 0 amide bonds. The van der Waals surface area contributed by atoms with Gasteiger partial charge in [-0.2, -0.15) is 0 Å². The van der Waals surface area contributed by atoms with Gasteiger partial charge in [-0.1, -0.05) is 54.6 Å². The summed E-state index contributed by atoms with van der Waals surface area (Å²) in [6.45, 7) is 0. The van der Waals surface area contributed by atoms with Crippen molar-refractivity contribution in [3.05, 3.63) is 82.6 Å². The van der Waals surface area contributed by atoms with Crippen molar-refractivity contribution in [3.63, 3.8) is 0 Å². The van der Waals surface area contributed by atoms with Crippen LogP contribution in [0.15, 0.2) is 72.1 Å². The molecule has 2 heteroatoms. The van der Waals surface area contributed by atoms with E-state index in [2.05, 4.69) is 72.1 Å². The van der Waals surface area contributed by atoms with Crippen LogP contribution in [0.2, 0.25) is 0 Å². The molecule has 4 rings (SSSR count). The molecular weight excluding hydrogens is 288 g/mol.